The fourth-order valence-electron chi connectivity index (χ4n) is 2.83. The van der Waals surface area contributed by atoms with Crippen molar-refractivity contribution < 1.29 is 9.59 Å². The Morgan fingerprint density at radius 1 is 1.35 bits per heavy atom. The SMILES string of the molecule is Cl.NCCNC(=O)C1CCCN(Cc2cccc(C(N)=O)c2)C1. The molecule has 1 fully saturated rings. The molecule has 1 unspecified atom stereocenters. The Labute approximate surface area is 143 Å². The molecule has 6 nitrogen and oxygen atoms in total. The molecule has 1 aromatic carbocycles. The number of hydrogen-bond acceptors (Lipinski definition) is 4. The standard InChI is InChI=1S/C16H24N4O2.ClH/c17-6-7-19-16(22)14-5-2-8-20(11-14)10-12-3-1-4-13(9-12)15(18)21;/h1,3-4,9,14H,2,5-8,10-11,17H2,(H2,18,21)(H,19,22);1H. The van der Waals surface area contributed by atoms with E-state index in [2.05, 4.69) is 10.2 Å². The van der Waals surface area contributed by atoms with Gasteiger partial charge in [0.2, 0.25) is 11.8 Å². The van der Waals surface area contributed by atoms with E-state index in [0.29, 0.717) is 18.7 Å². The number of carbonyl (C=O) groups excluding carboxylic acids is 2. The molecule has 1 aromatic rings. The van der Waals surface area contributed by atoms with Gasteiger partial charge in [-0.1, -0.05) is 12.1 Å². The monoisotopic (exact) mass is 340 g/mol. The van der Waals surface area contributed by atoms with E-state index in [1.165, 1.54) is 0 Å². The molecule has 5 N–H and O–H groups in total. The van der Waals surface area contributed by atoms with Crippen molar-refractivity contribution in [1.82, 2.24) is 10.2 Å². The number of halogens is 1. The van der Waals surface area contributed by atoms with Crippen molar-refractivity contribution in [2.75, 3.05) is 26.2 Å². The van der Waals surface area contributed by atoms with Gasteiger partial charge in [-0.15, -0.1) is 12.4 Å². The van der Waals surface area contributed by atoms with Crippen LogP contribution in [0.5, 0.6) is 0 Å². The quantitative estimate of drug-likeness (QED) is 0.701. The Morgan fingerprint density at radius 3 is 2.83 bits per heavy atom. The van der Waals surface area contributed by atoms with Crippen LogP contribution in [0, 0.1) is 5.92 Å². The second kappa shape index (κ2) is 9.50. The molecule has 1 aliphatic rings. The molecule has 1 aliphatic heterocycles. The maximum Gasteiger partial charge on any atom is 0.248 e. The maximum absolute atomic E-state index is 12.0. The molecule has 1 saturated heterocycles. The lowest BCUT2D eigenvalue weighted by Crippen LogP contribution is -2.43. The molecule has 0 spiro atoms. The average Bonchev–Trinajstić information content (AvgIpc) is 2.53. The van der Waals surface area contributed by atoms with Crippen LogP contribution in [0.15, 0.2) is 24.3 Å². The van der Waals surface area contributed by atoms with Crippen LogP contribution in [0.1, 0.15) is 28.8 Å². The Kier molecular flexibility index (Phi) is 8.02. The van der Waals surface area contributed by atoms with Crippen LogP contribution in [0.4, 0.5) is 0 Å². The molecule has 0 saturated carbocycles. The molecule has 0 aromatic heterocycles. The van der Waals surface area contributed by atoms with E-state index >= 15 is 0 Å². The molecular formula is C16H25ClN4O2. The lowest BCUT2D eigenvalue weighted by molar-refractivity contribution is -0.126. The Morgan fingerprint density at radius 2 is 2.13 bits per heavy atom. The zero-order valence-electron chi connectivity index (χ0n) is 13.2. The smallest absolute Gasteiger partial charge is 0.248 e. The highest BCUT2D eigenvalue weighted by atomic mass is 35.5. The summed E-state index contributed by atoms with van der Waals surface area (Å²) < 4.78 is 0. The van der Waals surface area contributed by atoms with Gasteiger partial charge in [0.05, 0.1) is 5.92 Å². The third-order valence-electron chi connectivity index (χ3n) is 3.94. The molecule has 1 heterocycles. The summed E-state index contributed by atoms with van der Waals surface area (Å²) in [6, 6.07) is 7.35. The third kappa shape index (κ3) is 5.82. The van der Waals surface area contributed by atoms with Gasteiger partial charge in [0.15, 0.2) is 0 Å². The summed E-state index contributed by atoms with van der Waals surface area (Å²) in [4.78, 5) is 25.5. The first-order valence-corrected chi connectivity index (χ1v) is 7.69. The van der Waals surface area contributed by atoms with Crippen LogP contribution in [0.3, 0.4) is 0 Å². The first-order chi connectivity index (χ1) is 10.6. The van der Waals surface area contributed by atoms with E-state index in [4.69, 9.17) is 11.5 Å². The number of carbonyl (C=O) groups is 2. The zero-order chi connectivity index (χ0) is 15.9. The average molecular weight is 341 g/mol. The minimum absolute atomic E-state index is 0. The highest BCUT2D eigenvalue weighted by Gasteiger charge is 2.25. The van der Waals surface area contributed by atoms with Gasteiger partial charge in [0.1, 0.15) is 0 Å². The summed E-state index contributed by atoms with van der Waals surface area (Å²) in [5, 5.41) is 2.86. The number of hydrogen-bond donors (Lipinski definition) is 3. The van der Waals surface area contributed by atoms with Crippen LogP contribution in [-0.2, 0) is 11.3 Å². The summed E-state index contributed by atoms with van der Waals surface area (Å²) in [6.45, 7) is 3.40. The molecule has 23 heavy (non-hydrogen) atoms. The number of nitrogens with one attached hydrogen (secondary N) is 1. The van der Waals surface area contributed by atoms with E-state index in [1.54, 1.807) is 6.07 Å². The lowest BCUT2D eigenvalue weighted by Gasteiger charge is -2.32. The number of nitrogens with zero attached hydrogens (tertiary/aromatic N) is 1. The molecule has 0 aliphatic carbocycles. The molecule has 0 bridgehead atoms. The van der Waals surface area contributed by atoms with Gasteiger partial charge in [0.25, 0.3) is 0 Å². The van der Waals surface area contributed by atoms with Gasteiger partial charge in [0, 0.05) is 31.7 Å². The topological polar surface area (TPSA) is 101 Å². The van der Waals surface area contributed by atoms with Crippen LogP contribution in [0.25, 0.3) is 0 Å². The second-order valence-electron chi connectivity index (χ2n) is 5.72. The number of benzene rings is 1. The fraction of sp³-hybridized carbons (Fsp3) is 0.500. The van der Waals surface area contributed by atoms with E-state index in [0.717, 1.165) is 38.0 Å². The van der Waals surface area contributed by atoms with Crippen molar-refractivity contribution >= 4 is 24.2 Å². The van der Waals surface area contributed by atoms with Gasteiger partial charge in [-0.2, -0.15) is 0 Å². The Bertz CT molecular complexity index is 539. The van der Waals surface area contributed by atoms with Crippen LogP contribution >= 0.6 is 12.4 Å². The number of primary amides is 1. The van der Waals surface area contributed by atoms with Crippen LogP contribution < -0.4 is 16.8 Å². The minimum atomic E-state index is -0.417. The van der Waals surface area contributed by atoms with E-state index in [9.17, 15) is 9.59 Å². The van der Waals surface area contributed by atoms with Gasteiger partial charge in [-0.25, -0.2) is 0 Å². The summed E-state index contributed by atoms with van der Waals surface area (Å²) in [7, 11) is 0. The molecule has 128 valence electrons. The normalized spacial score (nSPS) is 18.0. The first kappa shape index (κ1) is 19.4. The third-order valence-corrected chi connectivity index (χ3v) is 3.94. The van der Waals surface area contributed by atoms with Crippen LogP contribution in [-0.4, -0.2) is 42.9 Å². The first-order valence-electron chi connectivity index (χ1n) is 7.69. The van der Waals surface area contributed by atoms with E-state index < -0.39 is 5.91 Å². The zero-order valence-corrected chi connectivity index (χ0v) is 14.0. The minimum Gasteiger partial charge on any atom is -0.366 e. The van der Waals surface area contributed by atoms with Crippen molar-refractivity contribution in [2.45, 2.75) is 19.4 Å². The number of amides is 2. The number of rotatable bonds is 6. The number of piperidine rings is 1. The molecular weight excluding hydrogens is 316 g/mol. The molecule has 2 amide bonds. The fourth-order valence-corrected chi connectivity index (χ4v) is 2.83. The predicted octanol–water partition coefficient (Wildman–Crippen LogP) is 0.494. The van der Waals surface area contributed by atoms with Crippen molar-refractivity contribution in [3.8, 4) is 0 Å². The summed E-state index contributed by atoms with van der Waals surface area (Å²) in [6.07, 6.45) is 1.91. The van der Waals surface area contributed by atoms with E-state index in [1.807, 2.05) is 18.2 Å². The van der Waals surface area contributed by atoms with E-state index in [-0.39, 0.29) is 24.2 Å². The van der Waals surface area contributed by atoms with Crippen LogP contribution in [0.2, 0.25) is 0 Å². The van der Waals surface area contributed by atoms with Gasteiger partial charge < -0.3 is 16.8 Å². The van der Waals surface area contributed by atoms with Crippen molar-refractivity contribution in [3.05, 3.63) is 35.4 Å². The summed E-state index contributed by atoms with van der Waals surface area (Å²) in [5.41, 5.74) is 12.3. The highest BCUT2D eigenvalue weighted by Crippen LogP contribution is 2.19. The maximum atomic E-state index is 12.0. The number of nitrogens with two attached hydrogens (primary N) is 2. The Balaban J connectivity index is 0.00000264. The summed E-state index contributed by atoms with van der Waals surface area (Å²) >= 11 is 0. The largest absolute Gasteiger partial charge is 0.366 e. The molecule has 7 heteroatoms. The van der Waals surface area contributed by atoms with Gasteiger partial charge in [-0.3, -0.25) is 14.5 Å². The van der Waals surface area contributed by atoms with Crippen molar-refractivity contribution in [3.63, 3.8) is 0 Å². The lowest BCUT2D eigenvalue weighted by atomic mass is 9.96. The second-order valence-corrected chi connectivity index (χ2v) is 5.72. The highest BCUT2D eigenvalue weighted by molar-refractivity contribution is 5.92. The summed E-state index contributed by atoms with van der Waals surface area (Å²) in [5.74, 6) is -0.319. The molecule has 2 rings (SSSR count). The Hall–Kier alpha value is -1.63. The molecule has 0 radical (unpaired) electrons. The van der Waals surface area contributed by atoms with Gasteiger partial charge in [-0.05, 0) is 37.1 Å². The van der Waals surface area contributed by atoms with Gasteiger partial charge >= 0.3 is 0 Å². The van der Waals surface area contributed by atoms with Crippen molar-refractivity contribution in [2.24, 2.45) is 17.4 Å². The predicted molar refractivity (Wildman–Crippen MR) is 92.3 cm³/mol. The van der Waals surface area contributed by atoms with Crippen molar-refractivity contribution in [1.29, 1.82) is 0 Å². The molecule has 1 atom stereocenters. The number of likely N-dealkylation sites (tertiary alicyclic amines) is 1.